The second-order valence-electron chi connectivity index (χ2n) is 3.43. The fourth-order valence-electron chi connectivity index (χ4n) is 1.04. The van der Waals surface area contributed by atoms with Crippen molar-refractivity contribution in [3.8, 4) is 6.07 Å². The lowest BCUT2D eigenvalue weighted by atomic mass is 10.1. The van der Waals surface area contributed by atoms with E-state index in [-0.39, 0.29) is 0 Å². The maximum atomic E-state index is 8.21. The van der Waals surface area contributed by atoms with Gasteiger partial charge in [0.2, 0.25) is 0 Å². The van der Waals surface area contributed by atoms with Gasteiger partial charge >= 0.3 is 0 Å². The van der Waals surface area contributed by atoms with Crippen LogP contribution in [0.15, 0.2) is 49.1 Å². The van der Waals surface area contributed by atoms with E-state index in [9.17, 15) is 0 Å². The van der Waals surface area contributed by atoms with E-state index in [0.29, 0.717) is 5.57 Å². The quantitative estimate of drug-likeness (QED) is 0.671. The molecule has 0 bridgehead atoms. The third-order valence-corrected chi connectivity index (χ3v) is 2.03. The lowest BCUT2D eigenvalue weighted by Crippen LogP contribution is -1.74. The van der Waals surface area contributed by atoms with Crippen LogP contribution in [-0.4, -0.2) is 0 Å². The van der Waals surface area contributed by atoms with Crippen LogP contribution in [0, 0.1) is 11.3 Å². The van der Waals surface area contributed by atoms with Crippen molar-refractivity contribution in [3.63, 3.8) is 0 Å². The summed E-state index contributed by atoms with van der Waals surface area (Å²) in [6.07, 6.45) is 4.93. The lowest BCUT2D eigenvalue weighted by molar-refractivity contribution is 0.801. The van der Waals surface area contributed by atoms with Crippen molar-refractivity contribution in [2.45, 2.75) is 26.2 Å². The van der Waals surface area contributed by atoms with Crippen molar-refractivity contribution in [1.29, 1.82) is 5.26 Å². The molecule has 0 atom stereocenters. The Labute approximate surface area is 98.7 Å². The molecule has 0 saturated carbocycles. The largest absolute Gasteiger partial charge is 0.193 e. The molecule has 0 aliphatic carbocycles. The van der Waals surface area contributed by atoms with E-state index < -0.39 is 0 Å². The second-order valence-corrected chi connectivity index (χ2v) is 3.43. The Bertz CT molecular complexity index is 343. The smallest absolute Gasteiger partial charge is 0.0940 e. The van der Waals surface area contributed by atoms with Crippen LogP contribution in [0.2, 0.25) is 0 Å². The van der Waals surface area contributed by atoms with E-state index in [1.165, 1.54) is 5.56 Å². The van der Waals surface area contributed by atoms with Gasteiger partial charge in [-0.3, -0.25) is 0 Å². The normalized spacial score (nSPS) is 8.25. The van der Waals surface area contributed by atoms with Crippen LogP contribution in [-0.2, 0) is 0 Å². The third kappa shape index (κ3) is 7.58. The van der Waals surface area contributed by atoms with Gasteiger partial charge < -0.3 is 0 Å². The molecule has 0 aromatic heterocycles. The lowest BCUT2D eigenvalue weighted by Gasteiger charge is -1.89. The van der Waals surface area contributed by atoms with Gasteiger partial charge in [-0.1, -0.05) is 62.9 Å². The zero-order chi connectivity index (χ0) is 12.2. The zero-order valence-electron chi connectivity index (χ0n) is 9.95. The Kier molecular flexibility index (Phi) is 8.63. The van der Waals surface area contributed by atoms with Crippen LogP contribution in [0.25, 0.3) is 6.08 Å². The summed E-state index contributed by atoms with van der Waals surface area (Å²) in [5.41, 5.74) is 1.87. The van der Waals surface area contributed by atoms with Crippen molar-refractivity contribution >= 4 is 6.08 Å². The number of hydrogen-bond donors (Lipinski definition) is 0. The van der Waals surface area contributed by atoms with Gasteiger partial charge in [0.15, 0.2) is 0 Å². The monoisotopic (exact) mass is 213 g/mol. The van der Waals surface area contributed by atoms with Crippen LogP contribution >= 0.6 is 0 Å². The summed E-state index contributed by atoms with van der Waals surface area (Å²) in [4.78, 5) is 0. The van der Waals surface area contributed by atoms with E-state index >= 15 is 0 Å². The molecule has 1 rings (SSSR count). The Morgan fingerprint density at radius 2 is 2.00 bits per heavy atom. The molecule has 1 aromatic carbocycles. The summed E-state index contributed by atoms with van der Waals surface area (Å²) < 4.78 is 0. The minimum Gasteiger partial charge on any atom is -0.193 e. The number of allylic oxidation sites excluding steroid dienone is 1. The fraction of sp³-hybridized carbons (Fsp3) is 0.267. The minimum absolute atomic E-state index is 0.701. The predicted octanol–water partition coefficient (Wildman–Crippen LogP) is 4.59. The molecule has 1 nitrogen and oxygen atoms in total. The second kappa shape index (κ2) is 9.73. The molecule has 0 N–H and O–H groups in total. The van der Waals surface area contributed by atoms with Crippen LogP contribution in [0.5, 0.6) is 0 Å². The van der Waals surface area contributed by atoms with Gasteiger partial charge in [0, 0.05) is 5.57 Å². The number of hydrogen-bond acceptors (Lipinski definition) is 1. The van der Waals surface area contributed by atoms with E-state index in [1.54, 1.807) is 0 Å². The van der Waals surface area contributed by atoms with Gasteiger partial charge in [0.05, 0.1) is 6.07 Å². The van der Waals surface area contributed by atoms with E-state index in [4.69, 9.17) is 5.26 Å². The number of nitriles is 1. The van der Waals surface area contributed by atoms with Crippen molar-refractivity contribution in [2.24, 2.45) is 0 Å². The number of rotatable bonds is 4. The van der Waals surface area contributed by atoms with Crippen molar-refractivity contribution in [3.05, 3.63) is 54.6 Å². The highest BCUT2D eigenvalue weighted by Crippen LogP contribution is 2.01. The molecule has 0 aliphatic heterocycles. The van der Waals surface area contributed by atoms with Crippen LogP contribution in [0.3, 0.4) is 0 Å². The Morgan fingerprint density at radius 3 is 2.38 bits per heavy atom. The van der Waals surface area contributed by atoms with Crippen LogP contribution in [0.1, 0.15) is 31.7 Å². The molecule has 0 heterocycles. The molecule has 0 spiro atoms. The van der Waals surface area contributed by atoms with Gasteiger partial charge in [0.1, 0.15) is 0 Å². The van der Waals surface area contributed by atoms with E-state index in [0.717, 1.165) is 19.3 Å². The highest BCUT2D eigenvalue weighted by atomic mass is 14.2. The first-order valence-corrected chi connectivity index (χ1v) is 5.50. The minimum atomic E-state index is 0.701. The molecule has 1 aromatic rings. The van der Waals surface area contributed by atoms with Gasteiger partial charge in [0.25, 0.3) is 0 Å². The van der Waals surface area contributed by atoms with Crippen LogP contribution in [0.4, 0.5) is 0 Å². The molecule has 1 heteroatoms. The molecule has 0 fully saturated rings. The van der Waals surface area contributed by atoms with Crippen molar-refractivity contribution < 1.29 is 0 Å². The molecule has 0 amide bonds. The number of benzene rings is 1. The molecule has 84 valence electrons. The highest BCUT2D eigenvalue weighted by Gasteiger charge is 1.87. The molecule has 0 unspecified atom stereocenters. The topological polar surface area (TPSA) is 23.8 Å². The summed E-state index contributed by atoms with van der Waals surface area (Å²) in [6, 6.07) is 12.0. The summed E-state index contributed by atoms with van der Waals surface area (Å²) in [6.45, 7) is 9.28. The molecule has 0 aliphatic rings. The Morgan fingerprint density at radius 1 is 1.38 bits per heavy atom. The highest BCUT2D eigenvalue weighted by molar-refractivity contribution is 5.45. The molecule has 16 heavy (non-hydrogen) atoms. The summed E-state index contributed by atoms with van der Waals surface area (Å²) >= 11 is 0. The van der Waals surface area contributed by atoms with Crippen molar-refractivity contribution in [2.75, 3.05) is 0 Å². The molecule has 0 saturated heterocycles. The summed E-state index contributed by atoms with van der Waals surface area (Å²) in [5.74, 6) is 0. The Hall–Kier alpha value is -1.81. The number of unbranched alkanes of at least 4 members (excludes halogenated alkanes) is 1. The van der Waals surface area contributed by atoms with Gasteiger partial charge in [-0.05, 0) is 18.4 Å². The van der Waals surface area contributed by atoms with E-state index in [2.05, 4.69) is 20.1 Å². The first-order valence-electron chi connectivity index (χ1n) is 5.50. The first kappa shape index (κ1) is 14.2. The zero-order valence-corrected chi connectivity index (χ0v) is 9.95. The maximum absolute atomic E-state index is 8.21. The maximum Gasteiger partial charge on any atom is 0.0940 e. The molecule has 0 radical (unpaired) electrons. The van der Waals surface area contributed by atoms with Gasteiger partial charge in [-0.25, -0.2) is 0 Å². The Balaban J connectivity index is 0.000000281. The molecular formula is C15H19N. The van der Waals surface area contributed by atoms with Gasteiger partial charge in [-0.15, -0.1) is 0 Å². The summed E-state index contributed by atoms with van der Waals surface area (Å²) in [7, 11) is 0. The average Bonchev–Trinajstić information content (AvgIpc) is 2.37. The SMILES string of the molecule is C=C(C#N)CCCC.C=Cc1ccccc1. The first-order chi connectivity index (χ1) is 7.74. The van der Waals surface area contributed by atoms with Crippen LogP contribution < -0.4 is 0 Å². The fourth-order valence-corrected chi connectivity index (χ4v) is 1.04. The predicted molar refractivity (Wildman–Crippen MR) is 70.8 cm³/mol. The van der Waals surface area contributed by atoms with Gasteiger partial charge in [-0.2, -0.15) is 5.26 Å². The van der Waals surface area contributed by atoms with E-state index in [1.807, 2.05) is 42.5 Å². The summed E-state index contributed by atoms with van der Waals surface area (Å²) in [5, 5.41) is 8.21. The molecular weight excluding hydrogens is 194 g/mol. The standard InChI is InChI=1S/C8H8.C7H11N/c1-2-8-6-4-3-5-7-8;1-3-4-5-7(2)6-8/h2-7H,1H2;2-5H2,1H3. The average molecular weight is 213 g/mol. The van der Waals surface area contributed by atoms with Crippen molar-refractivity contribution in [1.82, 2.24) is 0 Å². The third-order valence-electron chi connectivity index (χ3n) is 2.03. The number of nitrogens with zero attached hydrogens (tertiary/aromatic N) is 1.